The molecule has 1 amide bonds. The first-order valence-electron chi connectivity index (χ1n) is 8.00. The van der Waals surface area contributed by atoms with Gasteiger partial charge in [0.25, 0.3) is 0 Å². The van der Waals surface area contributed by atoms with Crippen molar-refractivity contribution < 1.29 is 9.53 Å². The number of carbonyl (C=O) groups is 1. The monoisotopic (exact) mass is 456 g/mol. The van der Waals surface area contributed by atoms with Crippen molar-refractivity contribution in [2.75, 3.05) is 18.2 Å². The molecule has 0 saturated carbocycles. The summed E-state index contributed by atoms with van der Waals surface area (Å²) in [5.74, 6) is 1.29. The van der Waals surface area contributed by atoms with Gasteiger partial charge in [-0.2, -0.15) is 0 Å². The van der Waals surface area contributed by atoms with Gasteiger partial charge in [-0.3, -0.25) is 4.79 Å². The summed E-state index contributed by atoms with van der Waals surface area (Å²) in [5.41, 5.74) is 1.22. The Morgan fingerprint density at radius 3 is 2.39 bits per heavy atom. The molecular weight excluding hydrogens is 443 g/mol. The van der Waals surface area contributed by atoms with E-state index in [1.54, 1.807) is 7.11 Å². The summed E-state index contributed by atoms with van der Waals surface area (Å²) in [6, 6.07) is 10.5. The highest BCUT2D eigenvalue weighted by Crippen LogP contribution is 2.34. The first-order valence-corrected chi connectivity index (χ1v) is 10.1. The number of nitrogens with zero attached hydrogens (tertiary/aromatic N) is 3. The van der Waals surface area contributed by atoms with Crippen LogP contribution in [-0.2, 0) is 11.8 Å². The summed E-state index contributed by atoms with van der Waals surface area (Å²) in [6.07, 6.45) is 0. The van der Waals surface area contributed by atoms with Crippen molar-refractivity contribution in [2.45, 2.75) is 5.16 Å². The molecule has 1 heterocycles. The van der Waals surface area contributed by atoms with Crippen LogP contribution in [0.2, 0.25) is 15.1 Å². The maximum absolute atomic E-state index is 12.3. The highest BCUT2D eigenvalue weighted by Gasteiger charge is 2.15. The number of anilines is 1. The van der Waals surface area contributed by atoms with E-state index in [1.807, 2.05) is 35.9 Å². The molecular formula is C18H15Cl3N4O2S. The van der Waals surface area contributed by atoms with E-state index in [-0.39, 0.29) is 21.7 Å². The smallest absolute Gasteiger partial charge is 0.234 e. The lowest BCUT2D eigenvalue weighted by Crippen LogP contribution is -2.15. The Hall–Kier alpha value is -1.93. The predicted octanol–water partition coefficient (Wildman–Crippen LogP) is 5.18. The molecule has 1 aromatic heterocycles. The standard InChI is InChI=1S/C18H15Cl3N4O2S/c1-25-17(10-3-5-12(27-2)6-4-10)23-24-18(25)28-9-15(26)22-16-13(20)7-11(19)8-14(16)21/h3-8H,9H2,1-2H3,(H,22,26). The van der Waals surface area contributed by atoms with Gasteiger partial charge in [0, 0.05) is 17.6 Å². The third-order valence-corrected chi connectivity index (χ3v) is 5.62. The second-order valence-corrected chi connectivity index (χ2v) is 7.87. The van der Waals surface area contributed by atoms with E-state index in [0.29, 0.717) is 21.7 Å². The number of nitrogens with one attached hydrogen (secondary N) is 1. The maximum Gasteiger partial charge on any atom is 0.234 e. The van der Waals surface area contributed by atoms with Gasteiger partial charge in [0.1, 0.15) is 5.75 Å². The number of hydrogen-bond donors (Lipinski definition) is 1. The Kier molecular flexibility index (Phi) is 6.72. The van der Waals surface area contributed by atoms with Gasteiger partial charge in [0.05, 0.1) is 28.6 Å². The summed E-state index contributed by atoms with van der Waals surface area (Å²) >= 11 is 19.3. The van der Waals surface area contributed by atoms with Gasteiger partial charge >= 0.3 is 0 Å². The number of ether oxygens (including phenoxy) is 1. The topological polar surface area (TPSA) is 69.0 Å². The van der Waals surface area contributed by atoms with Gasteiger partial charge in [0.2, 0.25) is 5.91 Å². The molecule has 0 aliphatic rings. The summed E-state index contributed by atoms with van der Waals surface area (Å²) < 4.78 is 6.98. The van der Waals surface area contributed by atoms with Crippen molar-refractivity contribution >= 4 is 58.2 Å². The van der Waals surface area contributed by atoms with Crippen molar-refractivity contribution in [3.63, 3.8) is 0 Å². The molecule has 0 bridgehead atoms. The van der Waals surface area contributed by atoms with Crippen LogP contribution in [0.4, 0.5) is 5.69 Å². The van der Waals surface area contributed by atoms with Crippen molar-refractivity contribution in [3.8, 4) is 17.1 Å². The number of halogens is 3. The third kappa shape index (κ3) is 4.72. The molecule has 3 aromatic rings. The van der Waals surface area contributed by atoms with Gasteiger partial charge < -0.3 is 14.6 Å². The summed E-state index contributed by atoms with van der Waals surface area (Å²) in [5, 5.41) is 12.6. The Morgan fingerprint density at radius 2 is 1.79 bits per heavy atom. The van der Waals surface area contributed by atoms with Gasteiger partial charge in [-0.05, 0) is 36.4 Å². The minimum atomic E-state index is -0.273. The fourth-order valence-corrected chi connectivity index (χ4v) is 4.02. The zero-order valence-corrected chi connectivity index (χ0v) is 18.0. The van der Waals surface area contributed by atoms with Crippen LogP contribution >= 0.6 is 46.6 Å². The quantitative estimate of drug-likeness (QED) is 0.516. The molecule has 3 rings (SSSR count). The van der Waals surface area contributed by atoms with E-state index in [4.69, 9.17) is 39.5 Å². The van der Waals surface area contributed by atoms with Crippen molar-refractivity contribution in [2.24, 2.45) is 7.05 Å². The molecule has 0 radical (unpaired) electrons. The zero-order valence-electron chi connectivity index (χ0n) is 14.9. The zero-order chi connectivity index (χ0) is 20.3. The first-order chi connectivity index (χ1) is 13.4. The average Bonchev–Trinajstić information content (AvgIpc) is 3.03. The molecule has 0 fully saturated rings. The predicted molar refractivity (Wildman–Crippen MR) is 114 cm³/mol. The van der Waals surface area contributed by atoms with E-state index in [2.05, 4.69) is 15.5 Å². The average molecular weight is 458 g/mol. The number of thioether (sulfide) groups is 1. The molecule has 0 aliphatic carbocycles. The molecule has 146 valence electrons. The molecule has 0 unspecified atom stereocenters. The number of methoxy groups -OCH3 is 1. The van der Waals surface area contributed by atoms with Crippen LogP contribution in [-0.4, -0.2) is 33.5 Å². The molecule has 0 aliphatic heterocycles. The van der Waals surface area contributed by atoms with Crippen LogP contribution < -0.4 is 10.1 Å². The van der Waals surface area contributed by atoms with Crippen LogP contribution in [0.3, 0.4) is 0 Å². The summed E-state index contributed by atoms with van der Waals surface area (Å²) in [6.45, 7) is 0. The van der Waals surface area contributed by atoms with Gasteiger partial charge in [-0.15, -0.1) is 10.2 Å². The van der Waals surface area contributed by atoms with E-state index in [9.17, 15) is 4.79 Å². The van der Waals surface area contributed by atoms with Crippen LogP contribution in [0.1, 0.15) is 0 Å². The maximum atomic E-state index is 12.3. The summed E-state index contributed by atoms with van der Waals surface area (Å²) in [7, 11) is 3.45. The minimum absolute atomic E-state index is 0.115. The molecule has 6 nitrogen and oxygen atoms in total. The van der Waals surface area contributed by atoms with Crippen LogP contribution in [0.25, 0.3) is 11.4 Å². The Bertz CT molecular complexity index is 986. The first kappa shape index (κ1) is 20.8. The fraction of sp³-hybridized carbons (Fsp3) is 0.167. The van der Waals surface area contributed by atoms with E-state index in [0.717, 1.165) is 11.3 Å². The molecule has 2 aromatic carbocycles. The van der Waals surface area contributed by atoms with Crippen molar-refractivity contribution in [1.82, 2.24) is 14.8 Å². The molecule has 0 atom stereocenters. The van der Waals surface area contributed by atoms with Gasteiger partial charge in [-0.25, -0.2) is 0 Å². The lowest BCUT2D eigenvalue weighted by Gasteiger charge is -2.09. The highest BCUT2D eigenvalue weighted by atomic mass is 35.5. The third-order valence-electron chi connectivity index (χ3n) is 3.79. The number of hydrogen-bond acceptors (Lipinski definition) is 5. The van der Waals surface area contributed by atoms with Gasteiger partial charge in [0.15, 0.2) is 11.0 Å². The lowest BCUT2D eigenvalue weighted by atomic mass is 10.2. The van der Waals surface area contributed by atoms with E-state index >= 15 is 0 Å². The molecule has 28 heavy (non-hydrogen) atoms. The van der Waals surface area contributed by atoms with Crippen LogP contribution in [0, 0.1) is 0 Å². The van der Waals surface area contributed by atoms with Crippen LogP contribution in [0.5, 0.6) is 5.75 Å². The summed E-state index contributed by atoms with van der Waals surface area (Å²) in [4.78, 5) is 12.3. The fourth-order valence-electron chi connectivity index (χ4n) is 2.40. The van der Waals surface area contributed by atoms with E-state index < -0.39 is 0 Å². The number of amides is 1. The Morgan fingerprint density at radius 1 is 1.14 bits per heavy atom. The van der Waals surface area contributed by atoms with Gasteiger partial charge in [-0.1, -0.05) is 46.6 Å². The number of aromatic nitrogens is 3. The molecule has 1 N–H and O–H groups in total. The number of carbonyl (C=O) groups excluding carboxylic acids is 1. The number of rotatable bonds is 6. The molecule has 10 heteroatoms. The highest BCUT2D eigenvalue weighted by molar-refractivity contribution is 7.99. The van der Waals surface area contributed by atoms with Crippen molar-refractivity contribution in [3.05, 3.63) is 51.5 Å². The normalized spacial score (nSPS) is 10.8. The van der Waals surface area contributed by atoms with E-state index in [1.165, 1.54) is 23.9 Å². The van der Waals surface area contributed by atoms with Crippen molar-refractivity contribution in [1.29, 1.82) is 0 Å². The van der Waals surface area contributed by atoms with Crippen LogP contribution in [0.15, 0.2) is 41.6 Å². The molecule has 0 spiro atoms. The Labute approximate surface area is 181 Å². The second kappa shape index (κ2) is 9.05. The Balaban J connectivity index is 1.66. The minimum Gasteiger partial charge on any atom is -0.497 e. The second-order valence-electron chi connectivity index (χ2n) is 5.67. The SMILES string of the molecule is COc1ccc(-c2nnc(SCC(=O)Nc3c(Cl)cc(Cl)cc3Cl)n2C)cc1. The number of benzene rings is 2. The molecule has 0 saturated heterocycles. The lowest BCUT2D eigenvalue weighted by molar-refractivity contribution is -0.113. The largest absolute Gasteiger partial charge is 0.497 e.